The molecular weight excluding hydrogens is 294 g/mol. The summed E-state index contributed by atoms with van der Waals surface area (Å²) in [5.74, 6) is -1.39. The highest BCUT2D eigenvalue weighted by Crippen LogP contribution is 2.37. The Morgan fingerprint density at radius 3 is 2.30 bits per heavy atom. The molecule has 0 heterocycles. The van der Waals surface area contributed by atoms with Crippen LogP contribution in [0.2, 0.25) is 0 Å². The van der Waals surface area contributed by atoms with Crippen LogP contribution in [-0.2, 0) is 0 Å². The second-order valence-electron chi connectivity index (χ2n) is 6.29. The molecule has 0 saturated carbocycles. The van der Waals surface area contributed by atoms with Crippen molar-refractivity contribution >= 4 is 11.6 Å². The van der Waals surface area contributed by atoms with Gasteiger partial charge in [0.15, 0.2) is 11.6 Å². The van der Waals surface area contributed by atoms with Crippen molar-refractivity contribution in [1.29, 1.82) is 0 Å². The third-order valence-electron chi connectivity index (χ3n) is 4.48. The van der Waals surface area contributed by atoms with Crippen LogP contribution in [0.4, 0.5) is 0 Å². The minimum atomic E-state index is -0.956. The van der Waals surface area contributed by atoms with E-state index in [4.69, 9.17) is 0 Å². The first-order valence-electron chi connectivity index (χ1n) is 7.56. The number of Topliss-reactive ketones (excluding diaryl/α,β-unsaturated/α-hetero) is 2. The van der Waals surface area contributed by atoms with Crippen LogP contribution in [0.15, 0.2) is 48.2 Å². The van der Waals surface area contributed by atoms with Crippen molar-refractivity contribution in [2.75, 3.05) is 13.2 Å². The van der Waals surface area contributed by atoms with E-state index in [0.717, 1.165) is 0 Å². The predicted octanol–water partition coefficient (Wildman–Crippen LogP) is 1.08. The van der Waals surface area contributed by atoms with E-state index in [0.29, 0.717) is 16.8 Å². The van der Waals surface area contributed by atoms with Gasteiger partial charge < -0.3 is 15.5 Å². The number of hydrogen-bond donors (Lipinski definition) is 3. The van der Waals surface area contributed by atoms with Gasteiger partial charge in [0.1, 0.15) is 0 Å². The molecule has 2 aliphatic rings. The SMILES string of the molecule is CC(CO)(CO)NC1=CC=CC2C(=O)c3ccccc3C(=O)C12. The Kier molecular flexibility index (Phi) is 3.92. The van der Waals surface area contributed by atoms with E-state index in [1.165, 1.54) is 0 Å². The number of hydrogen-bond acceptors (Lipinski definition) is 5. The number of nitrogens with one attached hydrogen (secondary N) is 1. The fraction of sp³-hybridized carbons (Fsp3) is 0.333. The molecule has 0 saturated heterocycles. The van der Waals surface area contributed by atoms with Crippen LogP contribution in [0.3, 0.4) is 0 Å². The normalized spacial score (nSPS) is 23.2. The fourth-order valence-electron chi connectivity index (χ4n) is 3.09. The fourth-order valence-corrected chi connectivity index (χ4v) is 3.09. The lowest BCUT2D eigenvalue weighted by Gasteiger charge is -2.37. The summed E-state index contributed by atoms with van der Waals surface area (Å²) in [4.78, 5) is 25.6. The van der Waals surface area contributed by atoms with Crippen molar-refractivity contribution in [2.45, 2.75) is 12.5 Å². The average molecular weight is 313 g/mol. The summed E-state index contributed by atoms with van der Waals surface area (Å²) in [6.45, 7) is 1.07. The van der Waals surface area contributed by atoms with E-state index in [1.54, 1.807) is 49.4 Å². The number of allylic oxidation sites excluding steroid dienone is 4. The number of carbonyl (C=O) groups excluding carboxylic acids is 2. The molecule has 5 heteroatoms. The second kappa shape index (κ2) is 5.76. The molecule has 0 aromatic heterocycles. The van der Waals surface area contributed by atoms with Crippen LogP contribution in [-0.4, -0.2) is 40.5 Å². The van der Waals surface area contributed by atoms with Gasteiger partial charge in [-0.05, 0) is 13.0 Å². The molecule has 1 aromatic carbocycles. The summed E-state index contributed by atoms with van der Waals surface area (Å²) in [5.41, 5.74) is 0.478. The molecule has 2 aliphatic carbocycles. The summed E-state index contributed by atoms with van der Waals surface area (Å²) < 4.78 is 0. The standard InChI is InChI=1S/C18H19NO4/c1-18(9-20,10-21)19-14-8-4-7-13-15(14)17(23)12-6-3-2-5-11(12)16(13)22/h2-8,13,15,19-21H,9-10H2,1H3. The molecule has 0 amide bonds. The first-order chi connectivity index (χ1) is 11.0. The van der Waals surface area contributed by atoms with Gasteiger partial charge >= 0.3 is 0 Å². The van der Waals surface area contributed by atoms with Gasteiger partial charge in [0.25, 0.3) is 0 Å². The van der Waals surface area contributed by atoms with Gasteiger partial charge in [-0.2, -0.15) is 0 Å². The van der Waals surface area contributed by atoms with Gasteiger partial charge in [0.2, 0.25) is 0 Å². The molecular formula is C18H19NO4. The van der Waals surface area contributed by atoms with E-state index in [-0.39, 0.29) is 24.8 Å². The van der Waals surface area contributed by atoms with Gasteiger partial charge in [-0.1, -0.05) is 36.4 Å². The molecule has 0 spiro atoms. The number of fused-ring (bicyclic) bond motifs is 2. The monoisotopic (exact) mass is 313 g/mol. The Labute approximate surface area is 134 Å². The van der Waals surface area contributed by atoms with Crippen molar-refractivity contribution in [1.82, 2.24) is 5.32 Å². The third kappa shape index (κ3) is 2.52. The lowest BCUT2D eigenvalue weighted by molar-refractivity contribution is 0.0761. The Hall–Kier alpha value is -2.24. The molecule has 2 atom stereocenters. The molecule has 0 fully saturated rings. The third-order valence-corrected chi connectivity index (χ3v) is 4.48. The molecule has 2 unspecified atom stereocenters. The van der Waals surface area contributed by atoms with Crippen molar-refractivity contribution in [3.8, 4) is 0 Å². The topological polar surface area (TPSA) is 86.6 Å². The van der Waals surface area contributed by atoms with Crippen LogP contribution < -0.4 is 5.32 Å². The van der Waals surface area contributed by atoms with E-state index in [2.05, 4.69) is 5.32 Å². The lowest BCUT2D eigenvalue weighted by atomic mass is 9.70. The summed E-state index contributed by atoms with van der Waals surface area (Å²) in [7, 11) is 0. The molecule has 1 aromatic rings. The van der Waals surface area contributed by atoms with E-state index < -0.39 is 17.4 Å². The Balaban J connectivity index is 2.01. The minimum absolute atomic E-state index is 0.0800. The van der Waals surface area contributed by atoms with Crippen LogP contribution in [0.1, 0.15) is 27.6 Å². The highest BCUT2D eigenvalue weighted by atomic mass is 16.3. The van der Waals surface area contributed by atoms with E-state index in [9.17, 15) is 19.8 Å². The number of rotatable bonds is 4. The Morgan fingerprint density at radius 1 is 1.09 bits per heavy atom. The van der Waals surface area contributed by atoms with Crippen molar-refractivity contribution in [3.05, 3.63) is 59.3 Å². The van der Waals surface area contributed by atoms with Gasteiger partial charge in [-0.25, -0.2) is 0 Å². The van der Waals surface area contributed by atoms with E-state index >= 15 is 0 Å². The highest BCUT2D eigenvalue weighted by molar-refractivity contribution is 6.17. The van der Waals surface area contributed by atoms with Crippen LogP contribution in [0, 0.1) is 11.8 Å². The summed E-state index contributed by atoms with van der Waals surface area (Å²) in [6, 6.07) is 6.83. The predicted molar refractivity (Wildman–Crippen MR) is 85.0 cm³/mol. The zero-order valence-electron chi connectivity index (χ0n) is 12.8. The first-order valence-corrected chi connectivity index (χ1v) is 7.56. The molecule has 3 rings (SSSR count). The highest BCUT2D eigenvalue weighted by Gasteiger charge is 2.44. The Morgan fingerprint density at radius 2 is 1.70 bits per heavy atom. The summed E-state index contributed by atoms with van der Waals surface area (Å²) in [5, 5.41) is 22.0. The van der Waals surface area contributed by atoms with Gasteiger partial charge in [0.05, 0.1) is 30.6 Å². The first kappa shape index (κ1) is 15.6. The average Bonchev–Trinajstić information content (AvgIpc) is 2.59. The maximum atomic E-state index is 12.9. The van der Waals surface area contributed by atoms with Crippen molar-refractivity contribution in [2.24, 2.45) is 11.8 Å². The molecule has 23 heavy (non-hydrogen) atoms. The van der Waals surface area contributed by atoms with Gasteiger partial charge in [0, 0.05) is 16.8 Å². The van der Waals surface area contributed by atoms with E-state index in [1.807, 2.05) is 0 Å². The summed E-state index contributed by atoms with van der Waals surface area (Å²) in [6.07, 6.45) is 5.20. The number of aliphatic hydroxyl groups is 2. The van der Waals surface area contributed by atoms with Crippen LogP contribution in [0.25, 0.3) is 0 Å². The van der Waals surface area contributed by atoms with Crippen LogP contribution in [0.5, 0.6) is 0 Å². The zero-order valence-corrected chi connectivity index (χ0v) is 12.8. The largest absolute Gasteiger partial charge is 0.394 e. The molecule has 0 aliphatic heterocycles. The van der Waals surface area contributed by atoms with Gasteiger partial charge in [-0.3, -0.25) is 9.59 Å². The maximum Gasteiger partial charge on any atom is 0.173 e. The number of benzene rings is 1. The second-order valence-corrected chi connectivity index (χ2v) is 6.29. The quantitative estimate of drug-likeness (QED) is 0.774. The van der Waals surface area contributed by atoms with Crippen LogP contribution >= 0.6 is 0 Å². The van der Waals surface area contributed by atoms with Crippen molar-refractivity contribution < 1.29 is 19.8 Å². The molecule has 120 valence electrons. The molecule has 5 nitrogen and oxygen atoms in total. The van der Waals surface area contributed by atoms with Gasteiger partial charge in [-0.15, -0.1) is 0 Å². The minimum Gasteiger partial charge on any atom is -0.394 e. The molecule has 0 radical (unpaired) electrons. The Bertz CT molecular complexity index is 715. The van der Waals surface area contributed by atoms with Crippen molar-refractivity contribution in [3.63, 3.8) is 0 Å². The smallest absolute Gasteiger partial charge is 0.173 e. The lowest BCUT2D eigenvalue weighted by Crippen LogP contribution is -2.52. The maximum absolute atomic E-state index is 12.9. The zero-order chi connectivity index (χ0) is 16.6. The number of carbonyl (C=O) groups is 2. The molecule has 0 bridgehead atoms. The summed E-state index contributed by atoms with van der Waals surface area (Å²) >= 11 is 0. The molecule has 3 N–H and O–H groups in total. The number of ketones is 2. The number of aliphatic hydroxyl groups excluding tert-OH is 2.